The van der Waals surface area contributed by atoms with Crippen LogP contribution in [0.25, 0.3) is 0 Å². The van der Waals surface area contributed by atoms with E-state index in [1.807, 2.05) is 12.1 Å². The maximum absolute atomic E-state index is 12.8. The lowest BCUT2D eigenvalue weighted by molar-refractivity contribution is 0.553. The molecule has 0 unspecified atom stereocenters. The van der Waals surface area contributed by atoms with Crippen molar-refractivity contribution in [2.75, 3.05) is 0 Å². The van der Waals surface area contributed by atoms with E-state index in [9.17, 15) is 4.39 Å². The summed E-state index contributed by atoms with van der Waals surface area (Å²) in [5, 5.41) is 0.668. The Bertz CT molecular complexity index is 766. The van der Waals surface area contributed by atoms with Gasteiger partial charge in [-0.2, -0.15) is 0 Å². The number of aliphatic imine (C=N–C) groups is 2. The van der Waals surface area contributed by atoms with E-state index < -0.39 is 0 Å². The monoisotopic (exact) mass is 326 g/mol. The van der Waals surface area contributed by atoms with Gasteiger partial charge in [0.15, 0.2) is 0 Å². The SMILES string of the molecule is Fc1ccc(N=Cc2ccc(C=Nc3ccc(Cl)cc3)o2)cc1. The quantitative estimate of drug-likeness (QED) is 0.577. The van der Waals surface area contributed by atoms with Crippen LogP contribution in [-0.4, -0.2) is 12.4 Å². The van der Waals surface area contributed by atoms with E-state index in [2.05, 4.69) is 9.98 Å². The molecule has 0 atom stereocenters. The summed E-state index contributed by atoms with van der Waals surface area (Å²) in [5.74, 6) is 0.912. The Morgan fingerprint density at radius 2 is 1.22 bits per heavy atom. The van der Waals surface area contributed by atoms with E-state index in [0.717, 1.165) is 5.69 Å². The van der Waals surface area contributed by atoms with Gasteiger partial charge in [-0.25, -0.2) is 4.39 Å². The molecule has 0 aliphatic carbocycles. The van der Waals surface area contributed by atoms with Gasteiger partial charge in [0, 0.05) is 5.02 Å². The van der Waals surface area contributed by atoms with Gasteiger partial charge in [-0.15, -0.1) is 0 Å². The van der Waals surface area contributed by atoms with Crippen LogP contribution in [0.3, 0.4) is 0 Å². The van der Waals surface area contributed by atoms with Crippen molar-refractivity contribution in [1.82, 2.24) is 0 Å². The molecule has 1 aromatic heterocycles. The summed E-state index contributed by atoms with van der Waals surface area (Å²) in [6.07, 6.45) is 3.20. The third-order valence-electron chi connectivity index (χ3n) is 2.98. The van der Waals surface area contributed by atoms with Crippen LogP contribution in [0, 0.1) is 5.82 Å². The van der Waals surface area contributed by atoms with E-state index in [-0.39, 0.29) is 5.82 Å². The molecule has 3 nitrogen and oxygen atoms in total. The number of nitrogens with zero attached hydrogens (tertiary/aromatic N) is 2. The summed E-state index contributed by atoms with van der Waals surface area (Å²) >= 11 is 5.82. The fourth-order valence-corrected chi connectivity index (χ4v) is 1.96. The van der Waals surface area contributed by atoms with E-state index in [0.29, 0.717) is 22.2 Å². The summed E-state index contributed by atoms with van der Waals surface area (Å²) in [7, 11) is 0. The van der Waals surface area contributed by atoms with Gasteiger partial charge in [-0.1, -0.05) is 11.6 Å². The first-order valence-electron chi connectivity index (χ1n) is 6.88. The predicted octanol–water partition coefficient (Wildman–Crippen LogP) is 5.57. The van der Waals surface area contributed by atoms with Crippen molar-refractivity contribution in [2.24, 2.45) is 9.98 Å². The first-order valence-corrected chi connectivity index (χ1v) is 7.26. The number of halogens is 2. The van der Waals surface area contributed by atoms with Crippen LogP contribution >= 0.6 is 11.6 Å². The maximum atomic E-state index is 12.8. The second-order valence-corrected chi connectivity index (χ2v) is 5.15. The molecular weight excluding hydrogens is 315 g/mol. The number of hydrogen-bond acceptors (Lipinski definition) is 3. The minimum atomic E-state index is -0.289. The molecule has 3 aromatic rings. The Morgan fingerprint density at radius 3 is 1.74 bits per heavy atom. The molecule has 0 N–H and O–H groups in total. The Hall–Kier alpha value is -2.72. The molecule has 2 aromatic carbocycles. The predicted molar refractivity (Wildman–Crippen MR) is 91.1 cm³/mol. The van der Waals surface area contributed by atoms with E-state index in [1.165, 1.54) is 12.1 Å². The Labute approximate surface area is 137 Å². The molecule has 0 saturated carbocycles. The lowest BCUT2D eigenvalue weighted by Crippen LogP contribution is -1.77. The topological polar surface area (TPSA) is 37.9 Å². The van der Waals surface area contributed by atoms with E-state index in [1.54, 1.807) is 48.8 Å². The fourth-order valence-electron chi connectivity index (χ4n) is 1.84. The normalized spacial score (nSPS) is 11.6. The highest BCUT2D eigenvalue weighted by molar-refractivity contribution is 6.30. The summed E-state index contributed by atoms with van der Waals surface area (Å²) in [6.45, 7) is 0. The molecule has 0 radical (unpaired) electrons. The highest BCUT2D eigenvalue weighted by Crippen LogP contribution is 2.17. The summed E-state index contributed by atoms with van der Waals surface area (Å²) in [5.41, 5.74) is 1.44. The van der Waals surface area contributed by atoms with Gasteiger partial charge in [0.25, 0.3) is 0 Å². The average Bonchev–Trinajstić information content (AvgIpc) is 3.02. The van der Waals surface area contributed by atoms with Gasteiger partial charge >= 0.3 is 0 Å². The summed E-state index contributed by atoms with van der Waals surface area (Å²) in [4.78, 5) is 8.51. The van der Waals surface area contributed by atoms with Crippen LogP contribution in [-0.2, 0) is 0 Å². The van der Waals surface area contributed by atoms with Crippen molar-refractivity contribution in [3.8, 4) is 0 Å². The molecule has 0 spiro atoms. The van der Waals surface area contributed by atoms with Crippen LogP contribution in [0.5, 0.6) is 0 Å². The van der Waals surface area contributed by atoms with Crippen LogP contribution in [0.1, 0.15) is 11.5 Å². The molecule has 1 heterocycles. The largest absolute Gasteiger partial charge is 0.454 e. The summed E-state index contributed by atoms with van der Waals surface area (Å²) < 4.78 is 18.4. The molecule has 114 valence electrons. The number of benzene rings is 2. The van der Waals surface area contributed by atoms with Crippen LogP contribution in [0.15, 0.2) is 75.1 Å². The third kappa shape index (κ3) is 4.37. The molecule has 0 amide bonds. The molecule has 0 saturated heterocycles. The zero-order chi connectivity index (χ0) is 16.1. The lowest BCUT2D eigenvalue weighted by atomic mass is 10.3. The molecule has 23 heavy (non-hydrogen) atoms. The smallest absolute Gasteiger partial charge is 0.145 e. The van der Waals surface area contributed by atoms with Crippen molar-refractivity contribution in [2.45, 2.75) is 0 Å². The van der Waals surface area contributed by atoms with Gasteiger partial charge in [-0.05, 0) is 60.7 Å². The van der Waals surface area contributed by atoms with Crippen molar-refractivity contribution in [3.63, 3.8) is 0 Å². The minimum absolute atomic E-state index is 0.289. The first-order chi connectivity index (χ1) is 11.2. The fraction of sp³-hybridized carbons (Fsp3) is 0. The average molecular weight is 327 g/mol. The van der Waals surface area contributed by atoms with Crippen molar-refractivity contribution < 1.29 is 8.81 Å². The van der Waals surface area contributed by atoms with Crippen LogP contribution in [0.4, 0.5) is 15.8 Å². The standard InChI is InChI=1S/C18H12ClFN2O/c19-13-1-5-15(6-2-13)21-11-17-9-10-18(23-17)12-22-16-7-3-14(20)4-8-16/h1-12H. The van der Waals surface area contributed by atoms with Gasteiger partial charge in [0.05, 0.1) is 23.8 Å². The molecular formula is C18H12ClFN2O. The number of rotatable bonds is 4. The second kappa shape index (κ2) is 7.03. The van der Waals surface area contributed by atoms with Crippen molar-refractivity contribution in [3.05, 3.63) is 83.0 Å². The summed E-state index contributed by atoms with van der Waals surface area (Å²) in [6, 6.07) is 16.7. The van der Waals surface area contributed by atoms with E-state index >= 15 is 0 Å². The molecule has 0 aliphatic heterocycles. The minimum Gasteiger partial charge on any atom is -0.454 e. The zero-order valence-corrected chi connectivity index (χ0v) is 12.7. The highest BCUT2D eigenvalue weighted by atomic mass is 35.5. The Balaban J connectivity index is 1.68. The molecule has 0 fully saturated rings. The molecule has 3 rings (SSSR count). The third-order valence-corrected chi connectivity index (χ3v) is 3.23. The van der Waals surface area contributed by atoms with Gasteiger partial charge in [0.2, 0.25) is 0 Å². The Morgan fingerprint density at radius 1 is 0.739 bits per heavy atom. The Kier molecular flexibility index (Phi) is 4.64. The van der Waals surface area contributed by atoms with Crippen LogP contribution < -0.4 is 0 Å². The van der Waals surface area contributed by atoms with Gasteiger partial charge in [-0.3, -0.25) is 9.98 Å². The molecule has 0 bridgehead atoms. The zero-order valence-electron chi connectivity index (χ0n) is 12.0. The number of hydrogen-bond donors (Lipinski definition) is 0. The van der Waals surface area contributed by atoms with Crippen molar-refractivity contribution >= 4 is 35.4 Å². The number of furan rings is 1. The van der Waals surface area contributed by atoms with Gasteiger partial charge in [0.1, 0.15) is 17.3 Å². The van der Waals surface area contributed by atoms with E-state index in [4.69, 9.17) is 16.0 Å². The molecule has 0 aliphatic rings. The van der Waals surface area contributed by atoms with Crippen molar-refractivity contribution in [1.29, 1.82) is 0 Å². The second-order valence-electron chi connectivity index (χ2n) is 4.71. The first kappa shape index (κ1) is 15.2. The van der Waals surface area contributed by atoms with Crippen LogP contribution in [0.2, 0.25) is 5.02 Å². The maximum Gasteiger partial charge on any atom is 0.145 e. The van der Waals surface area contributed by atoms with Gasteiger partial charge < -0.3 is 4.42 Å². The lowest BCUT2D eigenvalue weighted by Gasteiger charge is -1.93. The molecule has 5 heteroatoms. The highest BCUT2D eigenvalue weighted by Gasteiger charge is 1.98.